The number of carbonyl (C=O) groups excluding carboxylic acids is 2. The summed E-state index contributed by atoms with van der Waals surface area (Å²) in [6, 6.07) is -0.998. The van der Waals surface area contributed by atoms with Crippen molar-refractivity contribution in [2.45, 2.75) is 32.0 Å². The van der Waals surface area contributed by atoms with Crippen LogP contribution in [0.2, 0.25) is 0 Å². The molecule has 1 amide bonds. The molecule has 1 aliphatic heterocycles. The Balaban J connectivity index is 0.00000256. The Bertz CT molecular complexity index is 293. The molecular weight excluding hydrogens is 256 g/mol. The van der Waals surface area contributed by atoms with E-state index in [1.807, 2.05) is 0 Å². The van der Waals surface area contributed by atoms with Gasteiger partial charge in [-0.3, -0.25) is 4.79 Å². The van der Waals surface area contributed by atoms with Crippen molar-refractivity contribution in [1.82, 2.24) is 4.90 Å². The van der Waals surface area contributed by atoms with E-state index in [1.54, 1.807) is 6.92 Å². The Morgan fingerprint density at radius 1 is 1.53 bits per heavy atom. The van der Waals surface area contributed by atoms with Crippen molar-refractivity contribution in [2.75, 3.05) is 12.3 Å². The fraction of sp³-hybridized carbons (Fsp3) is 0.800. The number of piperidine rings is 1. The Morgan fingerprint density at radius 3 is 2.59 bits per heavy atom. The quantitative estimate of drug-likeness (QED) is 0.431. The molecule has 3 atom stereocenters. The number of halogens is 1. The largest absolute Gasteiger partial charge is 1.00 e. The maximum absolute atomic E-state index is 13.2. The van der Waals surface area contributed by atoms with Crippen molar-refractivity contribution in [3.63, 3.8) is 0 Å². The average Bonchev–Trinajstić information content (AvgIpc) is 2.26. The Kier molecular flexibility index (Phi) is 7.71. The number of carboxylic acids is 1. The first-order chi connectivity index (χ1) is 7.47. The molecule has 0 radical (unpaired) electrons. The van der Waals surface area contributed by atoms with Crippen LogP contribution in [0.15, 0.2) is 0 Å². The molecule has 1 fully saturated rings. The van der Waals surface area contributed by atoms with E-state index in [-0.39, 0.29) is 54.9 Å². The summed E-state index contributed by atoms with van der Waals surface area (Å²) in [5.41, 5.74) is 0. The molecule has 0 N–H and O–H groups in total. The predicted octanol–water partition coefficient (Wildman–Crippen LogP) is -3.36. The van der Waals surface area contributed by atoms with Crippen LogP contribution in [0.1, 0.15) is 19.8 Å². The summed E-state index contributed by atoms with van der Waals surface area (Å²) in [6.07, 6.45) is -0.863. The molecule has 92 valence electrons. The van der Waals surface area contributed by atoms with Gasteiger partial charge >= 0.3 is 29.6 Å². The maximum atomic E-state index is 13.2. The number of aliphatic carboxylic acids is 1. The minimum Gasteiger partial charge on any atom is -0.548 e. The number of carboxylic acid groups (broad SMARTS) is 1. The summed E-state index contributed by atoms with van der Waals surface area (Å²) < 4.78 is 13.2. The first-order valence-corrected chi connectivity index (χ1v) is 5.87. The molecule has 0 bridgehead atoms. The molecule has 0 aliphatic carbocycles. The van der Waals surface area contributed by atoms with Crippen LogP contribution in [0.25, 0.3) is 0 Å². The second kappa shape index (κ2) is 7.61. The summed E-state index contributed by atoms with van der Waals surface area (Å²) in [6.45, 7) is 1.49. The van der Waals surface area contributed by atoms with Gasteiger partial charge in [-0.15, -0.1) is 0 Å². The van der Waals surface area contributed by atoms with Crippen molar-refractivity contribution >= 4 is 24.5 Å². The van der Waals surface area contributed by atoms with Gasteiger partial charge in [-0.2, -0.15) is 12.6 Å². The van der Waals surface area contributed by atoms with Gasteiger partial charge < -0.3 is 14.8 Å². The Hall–Kier alpha value is 0.220. The maximum Gasteiger partial charge on any atom is 1.00 e. The number of rotatable bonds is 3. The SMILES string of the molecule is CC(CS)C(=O)N1CC(F)CCC1C(=O)[O-].[Na+]. The van der Waals surface area contributed by atoms with E-state index in [0.29, 0.717) is 5.75 Å². The minimum absolute atomic E-state index is 0. The molecule has 0 saturated carbocycles. The van der Waals surface area contributed by atoms with Gasteiger partial charge in [0.05, 0.1) is 18.6 Å². The predicted molar refractivity (Wildman–Crippen MR) is 57.7 cm³/mol. The van der Waals surface area contributed by atoms with E-state index in [9.17, 15) is 19.1 Å². The van der Waals surface area contributed by atoms with Crippen molar-refractivity contribution in [3.05, 3.63) is 0 Å². The van der Waals surface area contributed by atoms with Crippen LogP contribution in [0.3, 0.4) is 0 Å². The van der Waals surface area contributed by atoms with E-state index < -0.39 is 24.1 Å². The Labute approximate surface area is 128 Å². The van der Waals surface area contributed by atoms with Gasteiger partial charge in [0, 0.05) is 11.7 Å². The van der Waals surface area contributed by atoms with Crippen LogP contribution in [-0.2, 0) is 9.59 Å². The van der Waals surface area contributed by atoms with E-state index in [2.05, 4.69) is 12.6 Å². The van der Waals surface area contributed by atoms with Gasteiger partial charge in [0.2, 0.25) is 5.91 Å². The minimum atomic E-state index is -1.31. The second-order valence-corrected chi connectivity index (χ2v) is 4.45. The molecule has 17 heavy (non-hydrogen) atoms. The molecule has 0 aromatic heterocycles. The third-order valence-electron chi connectivity index (χ3n) is 2.77. The molecule has 7 heteroatoms. The van der Waals surface area contributed by atoms with Crippen LogP contribution in [0.4, 0.5) is 4.39 Å². The normalized spacial score (nSPS) is 25.9. The summed E-state index contributed by atoms with van der Waals surface area (Å²) >= 11 is 3.97. The van der Waals surface area contributed by atoms with E-state index in [1.165, 1.54) is 0 Å². The number of amides is 1. The summed E-state index contributed by atoms with van der Waals surface area (Å²) in [4.78, 5) is 23.7. The molecule has 1 saturated heterocycles. The standard InChI is InChI=1S/C10H16FNO3S.Na/c1-6(5-16)9(13)12-4-7(11)2-3-8(12)10(14)15;/h6-8,16H,2-5H2,1H3,(H,14,15);/q;+1/p-1. The zero-order valence-electron chi connectivity index (χ0n) is 10.1. The number of hydrogen-bond acceptors (Lipinski definition) is 4. The molecular formula is C10H15FNNaO3S. The number of nitrogens with zero attached hydrogens (tertiary/aromatic N) is 1. The van der Waals surface area contributed by atoms with Crippen molar-refractivity contribution < 1.29 is 48.6 Å². The van der Waals surface area contributed by atoms with Gasteiger partial charge in [-0.1, -0.05) is 6.92 Å². The van der Waals surface area contributed by atoms with Crippen molar-refractivity contribution in [3.8, 4) is 0 Å². The van der Waals surface area contributed by atoms with Crippen LogP contribution in [-0.4, -0.2) is 41.3 Å². The topological polar surface area (TPSA) is 60.4 Å². The molecule has 1 heterocycles. The fourth-order valence-corrected chi connectivity index (χ4v) is 1.93. The molecule has 1 rings (SSSR count). The van der Waals surface area contributed by atoms with Crippen LogP contribution < -0.4 is 34.7 Å². The number of likely N-dealkylation sites (tertiary alicyclic amines) is 1. The van der Waals surface area contributed by atoms with Gasteiger partial charge in [0.25, 0.3) is 0 Å². The number of carbonyl (C=O) groups is 2. The van der Waals surface area contributed by atoms with Gasteiger partial charge in [0.1, 0.15) is 6.17 Å². The van der Waals surface area contributed by atoms with E-state index >= 15 is 0 Å². The smallest absolute Gasteiger partial charge is 0.548 e. The molecule has 0 aromatic carbocycles. The zero-order valence-corrected chi connectivity index (χ0v) is 13.0. The fourth-order valence-electron chi connectivity index (χ4n) is 1.78. The van der Waals surface area contributed by atoms with Crippen LogP contribution >= 0.6 is 12.6 Å². The van der Waals surface area contributed by atoms with Gasteiger partial charge in [0.15, 0.2) is 0 Å². The van der Waals surface area contributed by atoms with Crippen LogP contribution in [0.5, 0.6) is 0 Å². The number of thiol groups is 1. The number of alkyl halides is 1. The zero-order chi connectivity index (χ0) is 12.3. The summed E-state index contributed by atoms with van der Waals surface area (Å²) in [5.74, 6) is -1.78. The molecule has 4 nitrogen and oxygen atoms in total. The molecule has 1 aliphatic rings. The summed E-state index contributed by atoms with van der Waals surface area (Å²) in [5, 5.41) is 10.8. The summed E-state index contributed by atoms with van der Waals surface area (Å²) in [7, 11) is 0. The third kappa shape index (κ3) is 4.43. The first-order valence-electron chi connectivity index (χ1n) is 5.23. The van der Waals surface area contributed by atoms with Crippen molar-refractivity contribution in [2.24, 2.45) is 5.92 Å². The third-order valence-corrected chi connectivity index (χ3v) is 3.32. The number of hydrogen-bond donors (Lipinski definition) is 1. The van der Waals surface area contributed by atoms with Gasteiger partial charge in [-0.25, -0.2) is 4.39 Å². The molecule has 3 unspecified atom stereocenters. The second-order valence-electron chi connectivity index (χ2n) is 4.08. The Morgan fingerprint density at radius 2 is 2.12 bits per heavy atom. The van der Waals surface area contributed by atoms with E-state index in [0.717, 1.165) is 4.90 Å². The molecule has 0 spiro atoms. The van der Waals surface area contributed by atoms with Gasteiger partial charge in [-0.05, 0) is 12.8 Å². The molecule has 0 aromatic rings. The van der Waals surface area contributed by atoms with E-state index in [4.69, 9.17) is 0 Å². The average molecular weight is 271 g/mol. The van der Waals surface area contributed by atoms with Crippen LogP contribution in [0, 0.1) is 5.92 Å². The monoisotopic (exact) mass is 271 g/mol. The van der Waals surface area contributed by atoms with Crippen molar-refractivity contribution in [1.29, 1.82) is 0 Å². The first kappa shape index (κ1) is 17.2.